The smallest absolute Gasteiger partial charge is 0.321 e. The molecular weight excluding hydrogens is 370 g/mol. The average molecular weight is 391 g/mol. The van der Waals surface area contributed by atoms with Crippen molar-refractivity contribution in [1.29, 1.82) is 0 Å². The predicted molar refractivity (Wildman–Crippen MR) is 87.9 cm³/mol. The number of carbonyl (C=O) groups excluding carboxylic acids is 2. The van der Waals surface area contributed by atoms with Crippen molar-refractivity contribution in [1.82, 2.24) is 14.9 Å². The van der Waals surface area contributed by atoms with Crippen molar-refractivity contribution < 1.29 is 31.7 Å². The van der Waals surface area contributed by atoms with Gasteiger partial charge in [0, 0.05) is 7.05 Å². The maximum Gasteiger partial charge on any atom is 0.321 e. The summed E-state index contributed by atoms with van der Waals surface area (Å²) in [4.78, 5) is 23.0. The molecule has 3 amide bonds. The molecule has 0 aromatic heterocycles. The van der Waals surface area contributed by atoms with Gasteiger partial charge in [0.2, 0.25) is 10.0 Å². The van der Waals surface area contributed by atoms with Gasteiger partial charge in [0.25, 0.3) is 5.91 Å². The lowest BCUT2D eigenvalue weighted by Crippen LogP contribution is -3.19. The SMILES string of the molecule is CNC(=O)NC(=O)[C@H](C)[NH+]1CCN(S(=O)(=O)c2c(F)cccc2F)CC1. The van der Waals surface area contributed by atoms with Gasteiger partial charge >= 0.3 is 6.03 Å². The maximum absolute atomic E-state index is 13.8. The summed E-state index contributed by atoms with van der Waals surface area (Å²) in [5, 5.41) is 4.44. The van der Waals surface area contributed by atoms with Crippen molar-refractivity contribution in [3.05, 3.63) is 29.8 Å². The molecule has 0 spiro atoms. The number of nitrogens with one attached hydrogen (secondary N) is 3. The third-order valence-corrected chi connectivity index (χ3v) is 6.30. The van der Waals surface area contributed by atoms with Crippen LogP contribution in [0.3, 0.4) is 0 Å². The summed E-state index contributed by atoms with van der Waals surface area (Å²) in [6.07, 6.45) is 0. The Labute approximate surface area is 150 Å². The molecule has 1 fully saturated rings. The third kappa shape index (κ3) is 4.17. The van der Waals surface area contributed by atoms with Crippen molar-refractivity contribution in [2.24, 2.45) is 0 Å². The minimum absolute atomic E-state index is 0.00301. The molecule has 0 radical (unpaired) electrons. The lowest BCUT2D eigenvalue weighted by atomic mass is 10.2. The van der Waals surface area contributed by atoms with Crippen LogP contribution in [-0.4, -0.2) is 63.9 Å². The molecule has 1 aromatic rings. The molecular formula is C15H21F2N4O4S+. The standard InChI is InChI=1S/C15H20F2N4O4S/c1-10(14(22)19-15(23)18-2)20-6-8-21(9-7-20)26(24,25)13-11(16)4-3-5-12(13)17/h3-5,10H,6-9H2,1-2H3,(H2,18,19,22,23)/p+1/t10-/m0/s1. The molecule has 1 aliphatic heterocycles. The number of hydrogen-bond acceptors (Lipinski definition) is 4. The minimum atomic E-state index is -4.31. The van der Waals surface area contributed by atoms with Gasteiger partial charge in [-0.25, -0.2) is 22.0 Å². The molecule has 1 heterocycles. The minimum Gasteiger partial charge on any atom is -0.341 e. The molecule has 0 bridgehead atoms. The van der Waals surface area contributed by atoms with Crippen LogP contribution in [0.25, 0.3) is 0 Å². The van der Waals surface area contributed by atoms with E-state index in [0.717, 1.165) is 27.4 Å². The van der Waals surface area contributed by atoms with E-state index in [-0.39, 0.29) is 26.2 Å². The van der Waals surface area contributed by atoms with E-state index < -0.39 is 44.5 Å². The molecule has 0 unspecified atom stereocenters. The second-order valence-corrected chi connectivity index (χ2v) is 7.78. The first-order chi connectivity index (χ1) is 12.2. The molecule has 1 aliphatic rings. The number of quaternary nitrogens is 1. The number of hydrogen-bond donors (Lipinski definition) is 3. The molecule has 0 aliphatic carbocycles. The van der Waals surface area contributed by atoms with Gasteiger partial charge in [-0.3, -0.25) is 10.1 Å². The van der Waals surface area contributed by atoms with Gasteiger partial charge in [0.1, 0.15) is 11.6 Å². The molecule has 8 nitrogen and oxygen atoms in total. The lowest BCUT2D eigenvalue weighted by molar-refractivity contribution is -0.917. The number of halogens is 2. The number of piperazine rings is 1. The first kappa shape index (κ1) is 20.2. The number of amides is 3. The van der Waals surface area contributed by atoms with E-state index in [9.17, 15) is 26.8 Å². The molecule has 11 heteroatoms. The Morgan fingerprint density at radius 1 is 1.19 bits per heavy atom. The van der Waals surface area contributed by atoms with Gasteiger partial charge in [0.05, 0.1) is 26.2 Å². The topological polar surface area (TPSA) is 100 Å². The zero-order chi connectivity index (χ0) is 19.5. The molecule has 26 heavy (non-hydrogen) atoms. The average Bonchev–Trinajstić information content (AvgIpc) is 2.60. The van der Waals surface area contributed by atoms with Gasteiger partial charge in [-0.1, -0.05) is 6.07 Å². The van der Waals surface area contributed by atoms with Crippen LogP contribution in [0.1, 0.15) is 6.92 Å². The van der Waals surface area contributed by atoms with Crippen LogP contribution in [0.2, 0.25) is 0 Å². The van der Waals surface area contributed by atoms with Crippen molar-refractivity contribution in [2.45, 2.75) is 17.9 Å². The Morgan fingerprint density at radius 2 is 1.73 bits per heavy atom. The highest BCUT2D eigenvalue weighted by Gasteiger charge is 2.37. The van der Waals surface area contributed by atoms with E-state index in [1.54, 1.807) is 6.92 Å². The number of nitrogens with zero attached hydrogens (tertiary/aromatic N) is 1. The summed E-state index contributed by atoms with van der Waals surface area (Å²) in [6.45, 7) is 2.15. The van der Waals surface area contributed by atoms with E-state index in [2.05, 4.69) is 10.6 Å². The number of imide groups is 1. The van der Waals surface area contributed by atoms with Crippen LogP contribution >= 0.6 is 0 Å². The largest absolute Gasteiger partial charge is 0.341 e. The molecule has 1 atom stereocenters. The van der Waals surface area contributed by atoms with Crippen molar-refractivity contribution in [2.75, 3.05) is 33.2 Å². The van der Waals surface area contributed by atoms with E-state index in [1.165, 1.54) is 7.05 Å². The van der Waals surface area contributed by atoms with Crippen LogP contribution in [0.15, 0.2) is 23.1 Å². The van der Waals surface area contributed by atoms with Gasteiger partial charge in [-0.15, -0.1) is 0 Å². The zero-order valence-corrected chi connectivity index (χ0v) is 15.2. The summed E-state index contributed by atoms with van der Waals surface area (Å²) >= 11 is 0. The predicted octanol–water partition coefficient (Wildman–Crippen LogP) is -1.30. The van der Waals surface area contributed by atoms with Crippen LogP contribution in [0.4, 0.5) is 13.6 Å². The lowest BCUT2D eigenvalue weighted by Gasteiger charge is -2.34. The fourth-order valence-corrected chi connectivity index (χ4v) is 4.32. The van der Waals surface area contributed by atoms with Crippen molar-refractivity contribution in [3.8, 4) is 0 Å². The summed E-state index contributed by atoms with van der Waals surface area (Å²) in [7, 11) is -2.93. The quantitative estimate of drug-likeness (QED) is 0.594. The summed E-state index contributed by atoms with van der Waals surface area (Å²) in [6, 6.07) is 1.67. The Bertz CT molecular complexity index is 775. The Hall–Kier alpha value is -2.11. The van der Waals surface area contributed by atoms with E-state index in [1.807, 2.05) is 0 Å². The molecule has 2 rings (SSSR count). The normalized spacial score (nSPS) is 17.5. The second kappa shape index (κ2) is 8.06. The van der Waals surface area contributed by atoms with Gasteiger partial charge < -0.3 is 10.2 Å². The molecule has 144 valence electrons. The van der Waals surface area contributed by atoms with Gasteiger partial charge in [-0.2, -0.15) is 4.31 Å². The molecule has 1 aromatic carbocycles. The highest BCUT2D eigenvalue weighted by molar-refractivity contribution is 7.89. The van der Waals surface area contributed by atoms with Crippen LogP contribution < -0.4 is 15.5 Å². The summed E-state index contributed by atoms with van der Waals surface area (Å²) < 4.78 is 53.7. The van der Waals surface area contributed by atoms with Gasteiger partial charge in [0.15, 0.2) is 10.9 Å². The monoisotopic (exact) mass is 391 g/mol. The Balaban J connectivity index is 2.06. The highest BCUT2D eigenvalue weighted by Crippen LogP contribution is 2.22. The van der Waals surface area contributed by atoms with Crippen LogP contribution in [-0.2, 0) is 14.8 Å². The number of benzene rings is 1. The number of rotatable bonds is 4. The Morgan fingerprint density at radius 3 is 2.23 bits per heavy atom. The fraction of sp³-hybridized carbons (Fsp3) is 0.467. The van der Waals surface area contributed by atoms with E-state index in [0.29, 0.717) is 0 Å². The highest BCUT2D eigenvalue weighted by atomic mass is 32.2. The fourth-order valence-electron chi connectivity index (χ4n) is 2.77. The Kier molecular flexibility index (Phi) is 6.26. The van der Waals surface area contributed by atoms with Gasteiger partial charge in [-0.05, 0) is 19.1 Å². The zero-order valence-electron chi connectivity index (χ0n) is 14.4. The summed E-state index contributed by atoms with van der Waals surface area (Å²) in [5.74, 6) is -2.77. The number of sulfonamides is 1. The van der Waals surface area contributed by atoms with E-state index in [4.69, 9.17) is 0 Å². The first-order valence-electron chi connectivity index (χ1n) is 7.99. The van der Waals surface area contributed by atoms with Crippen LogP contribution in [0, 0.1) is 11.6 Å². The van der Waals surface area contributed by atoms with Crippen molar-refractivity contribution in [3.63, 3.8) is 0 Å². The third-order valence-electron chi connectivity index (χ3n) is 4.35. The van der Waals surface area contributed by atoms with Crippen molar-refractivity contribution >= 4 is 22.0 Å². The molecule has 1 saturated heterocycles. The van der Waals surface area contributed by atoms with E-state index >= 15 is 0 Å². The molecule has 3 N–H and O–H groups in total. The van der Waals surface area contributed by atoms with Crippen LogP contribution in [0.5, 0.6) is 0 Å². The first-order valence-corrected chi connectivity index (χ1v) is 9.43. The molecule has 0 saturated carbocycles. The second-order valence-electron chi connectivity index (χ2n) is 5.90. The summed E-state index contributed by atoms with van der Waals surface area (Å²) in [5.41, 5.74) is 0. The number of urea groups is 1. The number of carbonyl (C=O) groups is 2. The maximum atomic E-state index is 13.8.